The van der Waals surface area contributed by atoms with Crippen molar-refractivity contribution in [3.05, 3.63) is 0 Å². The van der Waals surface area contributed by atoms with Crippen molar-refractivity contribution >= 4 is 0 Å². The second-order valence-electron chi connectivity index (χ2n) is 3.97. The summed E-state index contributed by atoms with van der Waals surface area (Å²) in [7, 11) is 0. The molecule has 1 aliphatic heterocycles. The van der Waals surface area contributed by atoms with Gasteiger partial charge in [-0.05, 0) is 25.2 Å². The molecule has 0 aromatic rings. The van der Waals surface area contributed by atoms with Crippen LogP contribution in [0.3, 0.4) is 0 Å². The molecule has 2 heteroatoms. The van der Waals surface area contributed by atoms with Crippen LogP contribution in [0.25, 0.3) is 0 Å². The smallest absolute Gasteiger partial charge is 0.0679 e. The van der Waals surface area contributed by atoms with Crippen LogP contribution in [0.1, 0.15) is 33.1 Å². The fourth-order valence-corrected chi connectivity index (χ4v) is 1.55. The molecule has 0 radical (unpaired) electrons. The topological polar surface area (TPSA) is 32.3 Å². The Bertz CT molecular complexity index is 114. The molecule has 0 aromatic heterocycles. The highest BCUT2D eigenvalue weighted by Crippen LogP contribution is 2.14. The Morgan fingerprint density at radius 3 is 2.73 bits per heavy atom. The first kappa shape index (κ1) is 9.01. The second-order valence-corrected chi connectivity index (χ2v) is 3.97. The van der Waals surface area contributed by atoms with Gasteiger partial charge in [0.05, 0.1) is 6.10 Å². The lowest BCUT2D eigenvalue weighted by Crippen LogP contribution is -2.21. The van der Waals surface area contributed by atoms with Gasteiger partial charge in [0.25, 0.3) is 0 Å². The lowest BCUT2D eigenvalue weighted by Gasteiger charge is -2.10. The van der Waals surface area contributed by atoms with E-state index in [0.717, 1.165) is 18.9 Å². The zero-order valence-corrected chi connectivity index (χ0v) is 7.51. The van der Waals surface area contributed by atoms with Crippen molar-refractivity contribution < 1.29 is 5.11 Å². The van der Waals surface area contributed by atoms with Crippen LogP contribution in [0.15, 0.2) is 0 Å². The Labute approximate surface area is 69.0 Å². The molecule has 1 aliphatic rings. The zero-order chi connectivity index (χ0) is 8.27. The highest BCUT2D eigenvalue weighted by atomic mass is 16.3. The summed E-state index contributed by atoms with van der Waals surface area (Å²) in [6.45, 7) is 5.28. The lowest BCUT2D eigenvalue weighted by atomic mass is 10.0. The van der Waals surface area contributed by atoms with Crippen LogP contribution >= 0.6 is 0 Å². The van der Waals surface area contributed by atoms with E-state index >= 15 is 0 Å². The molecule has 0 aromatic carbocycles. The van der Waals surface area contributed by atoms with Crippen LogP contribution in [0.2, 0.25) is 0 Å². The third-order valence-electron chi connectivity index (χ3n) is 2.29. The highest BCUT2D eigenvalue weighted by Gasteiger charge is 2.21. The molecule has 0 spiro atoms. The Morgan fingerprint density at radius 1 is 1.55 bits per heavy atom. The molecule has 1 rings (SSSR count). The summed E-state index contributed by atoms with van der Waals surface area (Å²) in [4.78, 5) is 0. The van der Waals surface area contributed by atoms with E-state index in [1.807, 2.05) is 0 Å². The van der Waals surface area contributed by atoms with Gasteiger partial charge in [-0.1, -0.05) is 13.8 Å². The lowest BCUT2D eigenvalue weighted by molar-refractivity contribution is 0.192. The van der Waals surface area contributed by atoms with Gasteiger partial charge in [0.15, 0.2) is 0 Å². The highest BCUT2D eigenvalue weighted by molar-refractivity contribution is 4.80. The van der Waals surface area contributed by atoms with E-state index in [9.17, 15) is 5.11 Å². The molecular formula is C9H19NO. The van der Waals surface area contributed by atoms with Gasteiger partial charge >= 0.3 is 0 Å². The predicted octanol–water partition coefficient (Wildman–Crippen LogP) is 1.15. The maximum atomic E-state index is 9.20. The third kappa shape index (κ3) is 3.21. The summed E-state index contributed by atoms with van der Waals surface area (Å²) >= 11 is 0. The Morgan fingerprint density at radius 2 is 2.27 bits per heavy atom. The predicted molar refractivity (Wildman–Crippen MR) is 46.5 cm³/mol. The van der Waals surface area contributed by atoms with Crippen LogP contribution in [0.5, 0.6) is 0 Å². The standard InChI is InChI=1S/C9H19NO/c1-7(2)3-4-8-5-9(11)6-10-8/h7-11H,3-6H2,1-2H3. The van der Waals surface area contributed by atoms with E-state index in [1.54, 1.807) is 0 Å². The van der Waals surface area contributed by atoms with Gasteiger partial charge < -0.3 is 10.4 Å². The van der Waals surface area contributed by atoms with Crippen LogP contribution in [0.4, 0.5) is 0 Å². The quantitative estimate of drug-likeness (QED) is 0.644. The van der Waals surface area contributed by atoms with E-state index < -0.39 is 0 Å². The fourth-order valence-electron chi connectivity index (χ4n) is 1.55. The van der Waals surface area contributed by atoms with E-state index in [1.165, 1.54) is 12.8 Å². The summed E-state index contributed by atoms with van der Waals surface area (Å²) in [6.07, 6.45) is 3.35. The molecule has 0 bridgehead atoms. The van der Waals surface area contributed by atoms with E-state index in [0.29, 0.717) is 6.04 Å². The van der Waals surface area contributed by atoms with Crippen LogP contribution < -0.4 is 5.32 Å². The molecule has 0 aliphatic carbocycles. The number of aliphatic hydroxyl groups is 1. The van der Waals surface area contributed by atoms with Crippen molar-refractivity contribution in [2.75, 3.05) is 6.54 Å². The number of aliphatic hydroxyl groups excluding tert-OH is 1. The van der Waals surface area contributed by atoms with Crippen molar-refractivity contribution in [3.8, 4) is 0 Å². The Kier molecular flexibility index (Phi) is 3.34. The van der Waals surface area contributed by atoms with Gasteiger partial charge in [0.2, 0.25) is 0 Å². The Balaban J connectivity index is 2.08. The summed E-state index contributed by atoms with van der Waals surface area (Å²) in [5, 5.41) is 12.5. The molecule has 0 amide bonds. The number of hydrogen-bond donors (Lipinski definition) is 2. The Hall–Kier alpha value is -0.0800. The van der Waals surface area contributed by atoms with Crippen molar-refractivity contribution in [1.82, 2.24) is 5.32 Å². The third-order valence-corrected chi connectivity index (χ3v) is 2.29. The molecule has 2 nitrogen and oxygen atoms in total. The van der Waals surface area contributed by atoms with Gasteiger partial charge in [0.1, 0.15) is 0 Å². The monoisotopic (exact) mass is 157 g/mol. The van der Waals surface area contributed by atoms with Crippen LogP contribution in [-0.4, -0.2) is 23.8 Å². The second kappa shape index (κ2) is 4.07. The summed E-state index contributed by atoms with van der Waals surface area (Å²) < 4.78 is 0. The van der Waals surface area contributed by atoms with Gasteiger partial charge in [-0.3, -0.25) is 0 Å². The first-order valence-corrected chi connectivity index (χ1v) is 4.60. The molecule has 2 N–H and O–H groups in total. The maximum Gasteiger partial charge on any atom is 0.0679 e. The van der Waals surface area contributed by atoms with Crippen molar-refractivity contribution in [3.63, 3.8) is 0 Å². The average molecular weight is 157 g/mol. The van der Waals surface area contributed by atoms with E-state index in [2.05, 4.69) is 19.2 Å². The van der Waals surface area contributed by atoms with Gasteiger partial charge in [-0.15, -0.1) is 0 Å². The minimum Gasteiger partial charge on any atom is -0.392 e. The van der Waals surface area contributed by atoms with E-state index in [4.69, 9.17) is 0 Å². The summed E-state index contributed by atoms with van der Waals surface area (Å²) in [6, 6.07) is 0.576. The largest absolute Gasteiger partial charge is 0.392 e. The first-order valence-electron chi connectivity index (χ1n) is 4.60. The molecule has 2 atom stereocenters. The molecule has 1 heterocycles. The van der Waals surface area contributed by atoms with Crippen LogP contribution in [0, 0.1) is 5.92 Å². The number of nitrogens with one attached hydrogen (secondary N) is 1. The molecular weight excluding hydrogens is 138 g/mol. The van der Waals surface area contributed by atoms with E-state index in [-0.39, 0.29) is 6.10 Å². The normalized spacial score (nSPS) is 31.6. The molecule has 66 valence electrons. The first-order chi connectivity index (χ1) is 5.18. The molecule has 1 saturated heterocycles. The maximum absolute atomic E-state index is 9.20. The van der Waals surface area contributed by atoms with Gasteiger partial charge in [-0.25, -0.2) is 0 Å². The molecule has 1 fully saturated rings. The SMILES string of the molecule is CC(C)CCC1CC(O)CN1. The minimum atomic E-state index is -0.0906. The summed E-state index contributed by atoms with van der Waals surface area (Å²) in [5.74, 6) is 0.787. The fraction of sp³-hybridized carbons (Fsp3) is 1.00. The molecule has 2 unspecified atom stereocenters. The van der Waals surface area contributed by atoms with Crippen molar-refractivity contribution in [2.24, 2.45) is 5.92 Å². The van der Waals surface area contributed by atoms with Crippen molar-refractivity contribution in [1.29, 1.82) is 0 Å². The van der Waals surface area contributed by atoms with Gasteiger partial charge in [0, 0.05) is 12.6 Å². The number of hydrogen-bond acceptors (Lipinski definition) is 2. The summed E-state index contributed by atoms with van der Waals surface area (Å²) in [5.41, 5.74) is 0. The zero-order valence-electron chi connectivity index (χ0n) is 7.51. The number of β-amino-alcohol motifs (C(OH)–C–C–N with tert-alkyl or cyclic N) is 1. The number of rotatable bonds is 3. The minimum absolute atomic E-state index is 0.0906. The van der Waals surface area contributed by atoms with Crippen LogP contribution in [-0.2, 0) is 0 Å². The van der Waals surface area contributed by atoms with Gasteiger partial charge in [-0.2, -0.15) is 0 Å². The van der Waals surface area contributed by atoms with Crippen molar-refractivity contribution in [2.45, 2.75) is 45.3 Å². The molecule has 11 heavy (non-hydrogen) atoms. The average Bonchev–Trinajstić information content (AvgIpc) is 2.31. The molecule has 0 saturated carbocycles.